The van der Waals surface area contributed by atoms with Gasteiger partial charge in [-0.3, -0.25) is 4.79 Å². The summed E-state index contributed by atoms with van der Waals surface area (Å²) in [6.07, 6.45) is 2.54. The lowest BCUT2D eigenvalue weighted by atomic mass is 10.2. The minimum absolute atomic E-state index is 0.259. The second kappa shape index (κ2) is 5.24. The molecule has 0 rings (SSSR count). The number of halogens is 2. The van der Waals surface area contributed by atoms with Gasteiger partial charge in [0.05, 0.1) is 0 Å². The van der Waals surface area contributed by atoms with Gasteiger partial charge in [0.25, 0.3) is 0 Å². The molecular weight excluding hydrogens is 203 g/mol. The van der Waals surface area contributed by atoms with Crippen molar-refractivity contribution in [2.45, 2.75) is 31.0 Å². The van der Waals surface area contributed by atoms with Gasteiger partial charge in [0, 0.05) is 11.2 Å². The Labute approximate surface area is 68.9 Å². The topological polar surface area (TPSA) is 17.1 Å². The zero-order chi connectivity index (χ0) is 7.28. The Morgan fingerprint density at radius 2 is 2.33 bits per heavy atom. The average Bonchev–Trinajstić information content (AvgIpc) is 1.63. The van der Waals surface area contributed by atoms with E-state index < -0.39 is 0 Å². The molecule has 0 aliphatic rings. The first kappa shape index (κ1) is 9.44. The number of alkyl halides is 1. The lowest BCUT2D eigenvalue weighted by Gasteiger charge is -2.01. The predicted octanol–water partition coefficient (Wildman–Crippen LogP) is 2.71. The van der Waals surface area contributed by atoms with Crippen molar-refractivity contribution in [3.63, 3.8) is 0 Å². The van der Waals surface area contributed by atoms with E-state index in [-0.39, 0.29) is 10.1 Å². The fourth-order valence-corrected chi connectivity index (χ4v) is 1.71. The van der Waals surface area contributed by atoms with Gasteiger partial charge in [-0.15, -0.1) is 0 Å². The van der Waals surface area contributed by atoms with Crippen molar-refractivity contribution in [3.05, 3.63) is 0 Å². The highest BCUT2D eigenvalue weighted by Gasteiger charge is 2.05. The van der Waals surface area contributed by atoms with Crippen molar-refractivity contribution in [2.24, 2.45) is 0 Å². The second-order valence-corrected chi connectivity index (χ2v) is 3.66. The number of carbonyl (C=O) groups excluding carboxylic acids is 1. The van der Waals surface area contributed by atoms with Crippen LogP contribution in [0.25, 0.3) is 0 Å². The van der Waals surface area contributed by atoms with Gasteiger partial charge in [-0.1, -0.05) is 29.3 Å². The van der Waals surface area contributed by atoms with Crippen LogP contribution in [0.1, 0.15) is 26.2 Å². The summed E-state index contributed by atoms with van der Waals surface area (Å²) in [6.45, 7) is 2.08. The molecule has 0 fully saturated rings. The molecule has 1 atom stereocenters. The summed E-state index contributed by atoms with van der Waals surface area (Å²) in [7, 11) is 0. The van der Waals surface area contributed by atoms with Crippen LogP contribution in [0.3, 0.4) is 0 Å². The molecule has 0 aliphatic heterocycles. The Bertz CT molecular complexity index is 95.1. The van der Waals surface area contributed by atoms with Crippen molar-refractivity contribution in [2.75, 3.05) is 0 Å². The van der Waals surface area contributed by atoms with Crippen LogP contribution in [0.4, 0.5) is 0 Å². The van der Waals surface area contributed by atoms with Crippen molar-refractivity contribution in [3.8, 4) is 0 Å². The second-order valence-electron chi connectivity index (χ2n) is 1.95. The average molecular weight is 214 g/mol. The van der Waals surface area contributed by atoms with E-state index in [0.29, 0.717) is 6.42 Å². The molecule has 0 saturated heterocycles. The van der Waals surface area contributed by atoms with Crippen molar-refractivity contribution in [1.82, 2.24) is 0 Å². The standard InChI is InChI=1S/C6H10BrClO/c1-2-3-5(7)4-6(8)9/h5H,2-4H2,1H3. The molecule has 0 amide bonds. The first-order valence-electron chi connectivity index (χ1n) is 2.99. The molecule has 9 heavy (non-hydrogen) atoms. The van der Waals surface area contributed by atoms with Crippen LogP contribution < -0.4 is 0 Å². The van der Waals surface area contributed by atoms with Gasteiger partial charge in [0.2, 0.25) is 5.24 Å². The summed E-state index contributed by atoms with van der Waals surface area (Å²) in [5.41, 5.74) is 0. The SMILES string of the molecule is CCCC(Br)CC(=O)Cl. The highest BCUT2D eigenvalue weighted by Crippen LogP contribution is 2.12. The van der Waals surface area contributed by atoms with Crippen LogP contribution in [0.5, 0.6) is 0 Å². The summed E-state index contributed by atoms with van der Waals surface area (Å²) in [5, 5.41) is -0.259. The quantitative estimate of drug-likeness (QED) is 0.518. The van der Waals surface area contributed by atoms with Crippen LogP contribution in [0.15, 0.2) is 0 Å². The molecule has 0 radical (unpaired) electrons. The van der Waals surface area contributed by atoms with E-state index in [1.54, 1.807) is 0 Å². The molecule has 1 nitrogen and oxygen atoms in total. The van der Waals surface area contributed by atoms with Crippen LogP contribution in [0.2, 0.25) is 0 Å². The van der Waals surface area contributed by atoms with Crippen LogP contribution in [-0.4, -0.2) is 10.1 Å². The molecule has 54 valence electrons. The Morgan fingerprint density at radius 1 is 1.78 bits per heavy atom. The minimum atomic E-state index is -0.259. The molecule has 0 bridgehead atoms. The van der Waals surface area contributed by atoms with Crippen molar-refractivity contribution < 1.29 is 4.79 Å². The molecule has 3 heteroatoms. The smallest absolute Gasteiger partial charge is 0.222 e. The van der Waals surface area contributed by atoms with Gasteiger partial charge in [-0.05, 0) is 18.0 Å². The van der Waals surface area contributed by atoms with Crippen molar-refractivity contribution in [1.29, 1.82) is 0 Å². The molecule has 0 saturated carbocycles. The molecule has 0 aromatic heterocycles. The minimum Gasteiger partial charge on any atom is -0.281 e. The zero-order valence-corrected chi connectivity index (χ0v) is 7.70. The van der Waals surface area contributed by atoms with E-state index in [0.717, 1.165) is 12.8 Å². The van der Waals surface area contributed by atoms with E-state index in [9.17, 15) is 4.79 Å². The van der Waals surface area contributed by atoms with Gasteiger partial charge in [0.15, 0.2) is 0 Å². The van der Waals surface area contributed by atoms with E-state index in [4.69, 9.17) is 11.6 Å². The van der Waals surface area contributed by atoms with E-state index in [2.05, 4.69) is 22.9 Å². The third kappa shape index (κ3) is 6.32. The number of hydrogen-bond acceptors (Lipinski definition) is 1. The Kier molecular flexibility index (Phi) is 5.50. The van der Waals surface area contributed by atoms with E-state index in [1.807, 2.05) is 0 Å². The lowest BCUT2D eigenvalue weighted by Crippen LogP contribution is -2.01. The molecule has 0 heterocycles. The monoisotopic (exact) mass is 212 g/mol. The summed E-state index contributed by atoms with van der Waals surface area (Å²) in [6, 6.07) is 0. The van der Waals surface area contributed by atoms with Crippen LogP contribution in [-0.2, 0) is 4.79 Å². The third-order valence-corrected chi connectivity index (χ3v) is 1.92. The summed E-state index contributed by atoms with van der Waals surface area (Å²) >= 11 is 8.47. The summed E-state index contributed by atoms with van der Waals surface area (Å²) in [5.74, 6) is 0. The first-order valence-corrected chi connectivity index (χ1v) is 4.28. The zero-order valence-electron chi connectivity index (χ0n) is 5.36. The maximum atomic E-state index is 10.3. The van der Waals surface area contributed by atoms with Crippen LogP contribution >= 0.6 is 27.5 Å². The lowest BCUT2D eigenvalue weighted by molar-refractivity contribution is -0.111. The number of carbonyl (C=O) groups is 1. The summed E-state index contributed by atoms with van der Waals surface area (Å²) < 4.78 is 0. The Balaban J connectivity index is 3.26. The van der Waals surface area contributed by atoms with Gasteiger partial charge >= 0.3 is 0 Å². The molecule has 0 spiro atoms. The van der Waals surface area contributed by atoms with E-state index in [1.165, 1.54) is 0 Å². The number of hydrogen-bond donors (Lipinski definition) is 0. The van der Waals surface area contributed by atoms with E-state index >= 15 is 0 Å². The van der Waals surface area contributed by atoms with Gasteiger partial charge in [0.1, 0.15) is 0 Å². The molecule has 1 unspecified atom stereocenters. The largest absolute Gasteiger partial charge is 0.281 e. The molecule has 0 aromatic carbocycles. The maximum absolute atomic E-state index is 10.3. The Hall–Kier alpha value is 0.440. The highest BCUT2D eigenvalue weighted by atomic mass is 79.9. The summed E-state index contributed by atoms with van der Waals surface area (Å²) in [4.78, 5) is 10.5. The molecular formula is C6H10BrClO. The van der Waals surface area contributed by atoms with Crippen LogP contribution in [0, 0.1) is 0 Å². The normalized spacial score (nSPS) is 13.2. The molecule has 0 aromatic rings. The predicted molar refractivity (Wildman–Crippen MR) is 43.1 cm³/mol. The third-order valence-electron chi connectivity index (χ3n) is 0.984. The van der Waals surface area contributed by atoms with Gasteiger partial charge in [-0.25, -0.2) is 0 Å². The molecule has 0 aliphatic carbocycles. The van der Waals surface area contributed by atoms with Gasteiger partial charge < -0.3 is 0 Å². The maximum Gasteiger partial charge on any atom is 0.222 e. The highest BCUT2D eigenvalue weighted by molar-refractivity contribution is 9.09. The fourth-order valence-electron chi connectivity index (χ4n) is 0.589. The van der Waals surface area contributed by atoms with Crippen molar-refractivity contribution >= 4 is 32.8 Å². The molecule has 0 N–H and O–H groups in total. The van der Waals surface area contributed by atoms with Gasteiger partial charge in [-0.2, -0.15) is 0 Å². The Morgan fingerprint density at radius 3 is 2.67 bits per heavy atom. The fraction of sp³-hybridized carbons (Fsp3) is 0.833. The number of rotatable bonds is 4. The first-order chi connectivity index (χ1) is 4.16.